The maximum atomic E-state index is 12.1. The molecule has 0 saturated heterocycles. The average molecular weight is 252 g/mol. The molecule has 0 bridgehead atoms. The smallest absolute Gasteiger partial charge is 0.262 e. The number of carbonyl (C=O) groups is 1. The van der Waals surface area contributed by atoms with E-state index in [-0.39, 0.29) is 12.1 Å². The van der Waals surface area contributed by atoms with Crippen molar-refractivity contribution in [3.05, 3.63) is 27.1 Å². The average Bonchev–Trinajstić information content (AvgIpc) is 2.64. The Hall–Kier alpha value is -1.73. The lowest BCUT2D eigenvalue weighted by molar-refractivity contribution is -0.121. The molecule has 0 fully saturated rings. The van der Waals surface area contributed by atoms with Gasteiger partial charge < -0.3 is 0 Å². The van der Waals surface area contributed by atoms with Crippen molar-refractivity contribution >= 4 is 27.5 Å². The number of fused-ring (bicyclic) bond motifs is 1. The number of hydrazine groups is 1. The van der Waals surface area contributed by atoms with Gasteiger partial charge in [-0.1, -0.05) is 0 Å². The minimum absolute atomic E-state index is 0.112. The highest BCUT2D eigenvalue weighted by Gasteiger charge is 2.12. The topological polar surface area (TPSA) is 90.0 Å². The van der Waals surface area contributed by atoms with Crippen LogP contribution in [0.1, 0.15) is 10.7 Å². The third kappa shape index (κ3) is 2.06. The molecule has 6 nitrogen and oxygen atoms in total. The summed E-state index contributed by atoms with van der Waals surface area (Å²) in [5.41, 5.74) is 1.79. The van der Waals surface area contributed by atoms with E-state index in [1.165, 1.54) is 15.9 Å². The summed E-state index contributed by atoms with van der Waals surface area (Å²) in [6.45, 7) is 3.50. The van der Waals surface area contributed by atoms with Gasteiger partial charge in [0.25, 0.3) is 11.5 Å². The first-order valence-corrected chi connectivity index (χ1v) is 5.81. The second kappa shape index (κ2) is 4.27. The highest BCUT2D eigenvalue weighted by molar-refractivity contribution is 7.18. The largest absolute Gasteiger partial charge is 0.293 e. The van der Waals surface area contributed by atoms with Crippen LogP contribution in [-0.4, -0.2) is 15.5 Å². The first-order chi connectivity index (χ1) is 8.02. The molecule has 0 atom stereocenters. The van der Waals surface area contributed by atoms with Gasteiger partial charge in [-0.15, -0.1) is 11.3 Å². The van der Waals surface area contributed by atoms with E-state index < -0.39 is 5.91 Å². The standard InChI is InChI=1S/C10H12N4O2S/c1-5-3-7-9(17-5)12-6(2)14(10(7)16)4-8(15)13-11/h3H,4,11H2,1-2H3,(H,13,15). The highest BCUT2D eigenvalue weighted by atomic mass is 32.1. The molecule has 7 heteroatoms. The number of aromatic nitrogens is 2. The van der Waals surface area contributed by atoms with Crippen LogP contribution in [0.4, 0.5) is 0 Å². The molecule has 0 saturated carbocycles. The van der Waals surface area contributed by atoms with Crippen LogP contribution in [0.2, 0.25) is 0 Å². The maximum Gasteiger partial charge on any atom is 0.262 e. The molecule has 2 heterocycles. The molecular formula is C10H12N4O2S. The number of rotatable bonds is 2. The molecular weight excluding hydrogens is 240 g/mol. The van der Waals surface area contributed by atoms with E-state index >= 15 is 0 Å². The molecule has 0 radical (unpaired) electrons. The molecule has 3 N–H and O–H groups in total. The fraction of sp³-hybridized carbons (Fsp3) is 0.300. The Kier molecular flexibility index (Phi) is 2.95. The summed E-state index contributed by atoms with van der Waals surface area (Å²) in [6.07, 6.45) is 0. The number of aryl methyl sites for hydroxylation is 2. The van der Waals surface area contributed by atoms with Gasteiger partial charge in [-0.05, 0) is 19.9 Å². The summed E-state index contributed by atoms with van der Waals surface area (Å²) in [5.74, 6) is 5.08. The Morgan fingerprint density at radius 1 is 1.59 bits per heavy atom. The van der Waals surface area contributed by atoms with Crippen molar-refractivity contribution in [2.24, 2.45) is 5.84 Å². The van der Waals surface area contributed by atoms with Crippen molar-refractivity contribution < 1.29 is 4.79 Å². The lowest BCUT2D eigenvalue weighted by Crippen LogP contribution is -2.37. The Bertz CT molecular complexity index is 644. The second-order valence-corrected chi connectivity index (χ2v) is 4.93. The number of amides is 1. The van der Waals surface area contributed by atoms with Gasteiger partial charge in [-0.3, -0.25) is 19.6 Å². The van der Waals surface area contributed by atoms with Gasteiger partial charge >= 0.3 is 0 Å². The van der Waals surface area contributed by atoms with Crippen molar-refractivity contribution in [2.45, 2.75) is 20.4 Å². The van der Waals surface area contributed by atoms with Gasteiger partial charge in [0.15, 0.2) is 0 Å². The SMILES string of the molecule is Cc1cc2c(=O)n(CC(=O)NN)c(C)nc2s1. The van der Waals surface area contributed by atoms with Crippen LogP contribution in [0.5, 0.6) is 0 Å². The van der Waals surface area contributed by atoms with Crippen molar-refractivity contribution in [2.75, 3.05) is 0 Å². The minimum Gasteiger partial charge on any atom is -0.293 e. The zero-order chi connectivity index (χ0) is 12.6. The third-order valence-electron chi connectivity index (χ3n) is 2.43. The normalized spacial score (nSPS) is 10.8. The van der Waals surface area contributed by atoms with Gasteiger partial charge in [0, 0.05) is 4.88 Å². The first kappa shape index (κ1) is 11.7. The minimum atomic E-state index is -0.427. The predicted octanol–water partition coefficient (Wildman–Crippen LogP) is 0.0647. The summed E-state index contributed by atoms with van der Waals surface area (Å²) < 4.78 is 1.32. The van der Waals surface area contributed by atoms with Crippen molar-refractivity contribution in [3.63, 3.8) is 0 Å². The lowest BCUT2D eigenvalue weighted by Gasteiger charge is -2.07. The number of nitrogens with one attached hydrogen (secondary N) is 1. The van der Waals surface area contributed by atoms with Gasteiger partial charge in [0.2, 0.25) is 0 Å². The molecule has 90 valence electrons. The van der Waals surface area contributed by atoms with E-state index in [1.54, 1.807) is 13.0 Å². The van der Waals surface area contributed by atoms with Gasteiger partial charge in [0.05, 0.1) is 5.39 Å². The van der Waals surface area contributed by atoms with E-state index in [0.717, 1.165) is 4.88 Å². The summed E-state index contributed by atoms with van der Waals surface area (Å²) in [5, 5.41) is 0.544. The molecule has 2 aromatic heterocycles. The number of hydrogen-bond donors (Lipinski definition) is 2. The van der Waals surface area contributed by atoms with Crippen LogP contribution in [0.3, 0.4) is 0 Å². The van der Waals surface area contributed by atoms with E-state index in [0.29, 0.717) is 16.0 Å². The van der Waals surface area contributed by atoms with Crippen LogP contribution in [0.25, 0.3) is 10.2 Å². The summed E-state index contributed by atoms with van der Waals surface area (Å²) >= 11 is 1.46. The second-order valence-electron chi connectivity index (χ2n) is 3.69. The fourth-order valence-corrected chi connectivity index (χ4v) is 2.53. The molecule has 2 rings (SSSR count). The van der Waals surface area contributed by atoms with E-state index in [9.17, 15) is 9.59 Å². The molecule has 0 aliphatic heterocycles. The van der Waals surface area contributed by atoms with Gasteiger partial charge in [0.1, 0.15) is 17.2 Å². The summed E-state index contributed by atoms with van der Waals surface area (Å²) in [4.78, 5) is 29.4. The molecule has 0 spiro atoms. The van der Waals surface area contributed by atoms with Crippen molar-refractivity contribution in [1.29, 1.82) is 0 Å². The van der Waals surface area contributed by atoms with E-state index in [1.807, 2.05) is 12.3 Å². The van der Waals surface area contributed by atoms with Gasteiger partial charge in [-0.2, -0.15) is 0 Å². The molecule has 0 aliphatic rings. The van der Waals surface area contributed by atoms with Gasteiger partial charge in [-0.25, -0.2) is 10.8 Å². The number of nitrogens with zero attached hydrogens (tertiary/aromatic N) is 2. The van der Waals surface area contributed by atoms with Crippen LogP contribution in [0, 0.1) is 13.8 Å². The predicted molar refractivity (Wildman–Crippen MR) is 65.7 cm³/mol. The summed E-state index contributed by atoms with van der Waals surface area (Å²) in [7, 11) is 0. The number of carbonyl (C=O) groups excluding carboxylic acids is 1. The van der Waals surface area contributed by atoms with Crippen LogP contribution < -0.4 is 16.8 Å². The number of thiophene rings is 1. The lowest BCUT2D eigenvalue weighted by atomic mass is 10.3. The first-order valence-electron chi connectivity index (χ1n) is 5.00. The third-order valence-corrected chi connectivity index (χ3v) is 3.37. The van der Waals surface area contributed by atoms with E-state index in [2.05, 4.69) is 4.98 Å². The van der Waals surface area contributed by atoms with E-state index in [4.69, 9.17) is 5.84 Å². The highest BCUT2D eigenvalue weighted by Crippen LogP contribution is 2.20. The number of hydrogen-bond acceptors (Lipinski definition) is 5. The Morgan fingerprint density at radius 2 is 2.29 bits per heavy atom. The summed E-state index contributed by atoms with van der Waals surface area (Å²) in [6, 6.07) is 1.78. The molecule has 1 amide bonds. The Labute approximate surface area is 101 Å². The molecule has 17 heavy (non-hydrogen) atoms. The van der Waals surface area contributed by atoms with Crippen LogP contribution >= 0.6 is 11.3 Å². The Morgan fingerprint density at radius 3 is 2.94 bits per heavy atom. The molecule has 0 aliphatic carbocycles. The fourth-order valence-electron chi connectivity index (χ4n) is 1.61. The van der Waals surface area contributed by atoms with Crippen molar-refractivity contribution in [3.8, 4) is 0 Å². The quantitative estimate of drug-likeness (QED) is 0.449. The van der Waals surface area contributed by atoms with Crippen molar-refractivity contribution in [1.82, 2.24) is 15.0 Å². The zero-order valence-corrected chi connectivity index (χ0v) is 10.3. The number of nitrogens with two attached hydrogens (primary N) is 1. The van der Waals surface area contributed by atoms with Crippen LogP contribution in [-0.2, 0) is 11.3 Å². The Balaban J connectivity index is 2.63. The maximum absolute atomic E-state index is 12.1. The van der Waals surface area contributed by atoms with Crippen LogP contribution in [0.15, 0.2) is 10.9 Å². The monoisotopic (exact) mass is 252 g/mol. The molecule has 0 aromatic carbocycles. The molecule has 0 unspecified atom stereocenters. The molecule has 2 aromatic rings. The zero-order valence-electron chi connectivity index (χ0n) is 9.48.